The maximum atomic E-state index is 6.07. The SMILES string of the molecule is COCCCC(N)c1ncc(C)cc1C. The fraction of sp³-hybridized carbons (Fsp3) is 0.583. The minimum Gasteiger partial charge on any atom is -0.385 e. The van der Waals surface area contributed by atoms with E-state index >= 15 is 0 Å². The normalized spacial score (nSPS) is 12.8. The Morgan fingerprint density at radius 2 is 2.20 bits per heavy atom. The smallest absolute Gasteiger partial charge is 0.0600 e. The maximum absolute atomic E-state index is 6.07. The highest BCUT2D eigenvalue weighted by Gasteiger charge is 2.09. The van der Waals surface area contributed by atoms with E-state index in [0.29, 0.717) is 0 Å². The van der Waals surface area contributed by atoms with Crippen molar-refractivity contribution >= 4 is 0 Å². The summed E-state index contributed by atoms with van der Waals surface area (Å²) < 4.78 is 5.00. The van der Waals surface area contributed by atoms with Crippen LogP contribution in [0.3, 0.4) is 0 Å². The van der Waals surface area contributed by atoms with Crippen LogP contribution in [-0.4, -0.2) is 18.7 Å². The number of nitrogens with zero attached hydrogens (tertiary/aromatic N) is 1. The van der Waals surface area contributed by atoms with Crippen LogP contribution in [0.4, 0.5) is 0 Å². The molecule has 1 atom stereocenters. The number of nitrogens with two attached hydrogens (primary N) is 1. The number of aryl methyl sites for hydroxylation is 2. The molecule has 1 unspecified atom stereocenters. The quantitative estimate of drug-likeness (QED) is 0.754. The van der Waals surface area contributed by atoms with Crippen LogP contribution >= 0.6 is 0 Å². The van der Waals surface area contributed by atoms with Gasteiger partial charge >= 0.3 is 0 Å². The lowest BCUT2D eigenvalue weighted by Crippen LogP contribution is -2.14. The van der Waals surface area contributed by atoms with E-state index in [9.17, 15) is 0 Å². The van der Waals surface area contributed by atoms with Crippen LogP contribution in [0.1, 0.15) is 35.7 Å². The second kappa shape index (κ2) is 5.83. The Morgan fingerprint density at radius 3 is 2.80 bits per heavy atom. The molecular weight excluding hydrogens is 188 g/mol. The van der Waals surface area contributed by atoms with Crippen LogP contribution in [-0.2, 0) is 4.74 Å². The monoisotopic (exact) mass is 208 g/mol. The van der Waals surface area contributed by atoms with Crippen molar-refractivity contribution in [3.05, 3.63) is 29.1 Å². The highest BCUT2D eigenvalue weighted by Crippen LogP contribution is 2.17. The predicted molar refractivity (Wildman–Crippen MR) is 61.7 cm³/mol. The molecule has 3 nitrogen and oxygen atoms in total. The van der Waals surface area contributed by atoms with Crippen LogP contribution in [0.15, 0.2) is 12.3 Å². The minimum absolute atomic E-state index is 0.0285. The Bertz CT molecular complexity index is 312. The Morgan fingerprint density at radius 1 is 1.47 bits per heavy atom. The van der Waals surface area contributed by atoms with Gasteiger partial charge in [-0.2, -0.15) is 0 Å². The molecule has 0 aromatic carbocycles. The second-order valence-corrected chi connectivity index (χ2v) is 3.96. The molecule has 0 amide bonds. The van der Waals surface area contributed by atoms with Crippen molar-refractivity contribution in [3.63, 3.8) is 0 Å². The maximum Gasteiger partial charge on any atom is 0.0600 e. The molecule has 1 rings (SSSR count). The molecule has 0 saturated heterocycles. The molecule has 0 aliphatic carbocycles. The summed E-state index contributed by atoms with van der Waals surface area (Å²) >= 11 is 0. The van der Waals surface area contributed by atoms with E-state index < -0.39 is 0 Å². The van der Waals surface area contributed by atoms with Crippen LogP contribution in [0.25, 0.3) is 0 Å². The summed E-state index contributed by atoms with van der Waals surface area (Å²) in [6.45, 7) is 4.87. The molecular formula is C12H20N2O. The molecule has 0 aliphatic heterocycles. The van der Waals surface area contributed by atoms with Gasteiger partial charge in [0.25, 0.3) is 0 Å². The first-order valence-corrected chi connectivity index (χ1v) is 5.33. The predicted octanol–water partition coefficient (Wildman–Crippen LogP) is 2.12. The highest BCUT2D eigenvalue weighted by molar-refractivity contribution is 5.25. The summed E-state index contributed by atoms with van der Waals surface area (Å²) in [7, 11) is 1.71. The number of aromatic nitrogens is 1. The minimum atomic E-state index is 0.0285. The van der Waals surface area contributed by atoms with Gasteiger partial charge in [-0.15, -0.1) is 0 Å². The van der Waals surface area contributed by atoms with E-state index in [0.717, 1.165) is 25.1 Å². The number of hydrogen-bond donors (Lipinski definition) is 1. The first kappa shape index (κ1) is 12.1. The van der Waals surface area contributed by atoms with Crippen molar-refractivity contribution in [2.45, 2.75) is 32.7 Å². The van der Waals surface area contributed by atoms with Gasteiger partial charge in [-0.1, -0.05) is 6.07 Å². The van der Waals surface area contributed by atoms with Crippen molar-refractivity contribution in [1.29, 1.82) is 0 Å². The topological polar surface area (TPSA) is 48.1 Å². The number of pyridine rings is 1. The zero-order valence-corrected chi connectivity index (χ0v) is 9.79. The molecule has 0 fully saturated rings. The number of rotatable bonds is 5. The van der Waals surface area contributed by atoms with Gasteiger partial charge in [-0.3, -0.25) is 4.98 Å². The highest BCUT2D eigenvalue weighted by atomic mass is 16.5. The Hall–Kier alpha value is -0.930. The molecule has 1 aromatic rings. The van der Waals surface area contributed by atoms with Crippen LogP contribution in [0, 0.1) is 13.8 Å². The van der Waals surface area contributed by atoms with Crippen molar-refractivity contribution < 1.29 is 4.74 Å². The average molecular weight is 208 g/mol. The Kier molecular flexibility index (Phi) is 4.72. The van der Waals surface area contributed by atoms with Gasteiger partial charge < -0.3 is 10.5 Å². The first-order chi connectivity index (χ1) is 7.15. The molecule has 0 bridgehead atoms. The standard InChI is InChI=1S/C12H20N2O/c1-9-7-10(2)12(14-8-9)11(13)5-4-6-15-3/h7-8,11H,4-6,13H2,1-3H3. The first-order valence-electron chi connectivity index (χ1n) is 5.33. The Balaban J connectivity index is 2.61. The van der Waals surface area contributed by atoms with Crippen LogP contribution in [0.2, 0.25) is 0 Å². The van der Waals surface area contributed by atoms with Gasteiger partial charge in [0.2, 0.25) is 0 Å². The zero-order chi connectivity index (χ0) is 11.3. The van der Waals surface area contributed by atoms with E-state index in [4.69, 9.17) is 10.5 Å². The third-order valence-electron chi connectivity index (χ3n) is 2.47. The third kappa shape index (κ3) is 3.61. The molecule has 1 heterocycles. The van der Waals surface area contributed by atoms with Crippen molar-refractivity contribution in [2.24, 2.45) is 5.73 Å². The van der Waals surface area contributed by atoms with Crippen molar-refractivity contribution in [1.82, 2.24) is 4.98 Å². The summed E-state index contributed by atoms with van der Waals surface area (Å²) in [5.74, 6) is 0. The molecule has 2 N–H and O–H groups in total. The van der Waals surface area contributed by atoms with Gasteiger partial charge in [0.15, 0.2) is 0 Å². The molecule has 3 heteroatoms. The van der Waals surface area contributed by atoms with E-state index in [-0.39, 0.29) is 6.04 Å². The van der Waals surface area contributed by atoms with Crippen LogP contribution < -0.4 is 5.73 Å². The molecule has 15 heavy (non-hydrogen) atoms. The van der Waals surface area contributed by atoms with E-state index in [1.54, 1.807) is 7.11 Å². The van der Waals surface area contributed by atoms with Crippen molar-refractivity contribution in [3.8, 4) is 0 Å². The fourth-order valence-electron chi connectivity index (χ4n) is 1.70. The zero-order valence-electron chi connectivity index (χ0n) is 9.79. The summed E-state index contributed by atoms with van der Waals surface area (Å²) in [5.41, 5.74) is 9.44. The lowest BCUT2D eigenvalue weighted by atomic mass is 10.0. The van der Waals surface area contributed by atoms with Gasteiger partial charge in [0.05, 0.1) is 5.69 Å². The van der Waals surface area contributed by atoms with E-state index in [1.165, 1.54) is 11.1 Å². The average Bonchev–Trinajstić information content (AvgIpc) is 2.17. The van der Waals surface area contributed by atoms with E-state index in [2.05, 4.69) is 18.0 Å². The fourth-order valence-corrected chi connectivity index (χ4v) is 1.70. The summed E-state index contributed by atoms with van der Waals surface area (Å²) in [6, 6.07) is 2.15. The van der Waals surface area contributed by atoms with Gasteiger partial charge in [0, 0.05) is 26.0 Å². The summed E-state index contributed by atoms with van der Waals surface area (Å²) in [5, 5.41) is 0. The van der Waals surface area contributed by atoms with E-state index in [1.807, 2.05) is 13.1 Å². The van der Waals surface area contributed by atoms with Gasteiger partial charge in [-0.25, -0.2) is 0 Å². The second-order valence-electron chi connectivity index (χ2n) is 3.96. The largest absolute Gasteiger partial charge is 0.385 e. The van der Waals surface area contributed by atoms with Crippen LogP contribution in [0.5, 0.6) is 0 Å². The Labute approximate surface area is 91.7 Å². The number of methoxy groups -OCH3 is 1. The van der Waals surface area contributed by atoms with Gasteiger partial charge in [-0.05, 0) is 37.8 Å². The molecule has 0 spiro atoms. The van der Waals surface area contributed by atoms with Crippen molar-refractivity contribution in [2.75, 3.05) is 13.7 Å². The molecule has 84 valence electrons. The lowest BCUT2D eigenvalue weighted by Gasteiger charge is -2.13. The molecule has 0 radical (unpaired) electrons. The summed E-state index contributed by atoms with van der Waals surface area (Å²) in [6.07, 6.45) is 3.77. The number of hydrogen-bond acceptors (Lipinski definition) is 3. The summed E-state index contributed by atoms with van der Waals surface area (Å²) in [4.78, 5) is 4.39. The molecule has 0 saturated carbocycles. The third-order valence-corrected chi connectivity index (χ3v) is 2.47. The lowest BCUT2D eigenvalue weighted by molar-refractivity contribution is 0.190. The van der Waals surface area contributed by atoms with Gasteiger partial charge in [0.1, 0.15) is 0 Å². The molecule has 0 aliphatic rings. The number of ether oxygens (including phenoxy) is 1. The molecule has 1 aromatic heterocycles.